The average molecular weight is 367 g/mol. The molecule has 1 amide bonds. The molecule has 1 aliphatic rings. The fourth-order valence-electron chi connectivity index (χ4n) is 3.34. The first-order valence-electron chi connectivity index (χ1n) is 9.10. The Morgan fingerprint density at radius 3 is 2.48 bits per heavy atom. The van der Waals surface area contributed by atoms with Gasteiger partial charge in [-0.15, -0.1) is 0 Å². The summed E-state index contributed by atoms with van der Waals surface area (Å²) in [5, 5.41) is 9.29. The maximum absolute atomic E-state index is 12.8. The molecule has 0 fully saturated rings. The zero-order valence-corrected chi connectivity index (χ0v) is 15.9. The standard InChI is InChI=1S/C22H25NO4/c1-22(2,3)18-12-17-11-16(20(24)25)9-10-19(17)23(13-18)21(26)27-14-15-7-5-4-6-8-15/h4-11,18H,12-14H2,1-3H3,(H,24,25). The van der Waals surface area contributed by atoms with Crippen LogP contribution in [-0.2, 0) is 17.8 Å². The number of carbonyl (C=O) groups excluding carboxylic acids is 1. The van der Waals surface area contributed by atoms with Gasteiger partial charge < -0.3 is 9.84 Å². The summed E-state index contributed by atoms with van der Waals surface area (Å²) in [6.45, 7) is 7.17. The molecule has 2 aromatic carbocycles. The van der Waals surface area contributed by atoms with Crippen LogP contribution >= 0.6 is 0 Å². The van der Waals surface area contributed by atoms with Crippen molar-refractivity contribution in [2.75, 3.05) is 11.4 Å². The second-order valence-electron chi connectivity index (χ2n) is 8.07. The van der Waals surface area contributed by atoms with E-state index in [1.807, 2.05) is 30.3 Å². The smallest absolute Gasteiger partial charge is 0.414 e. The Bertz CT molecular complexity index is 839. The molecule has 0 aromatic heterocycles. The number of benzene rings is 2. The van der Waals surface area contributed by atoms with E-state index in [1.54, 1.807) is 17.0 Å². The number of rotatable bonds is 3. The second kappa shape index (κ2) is 7.43. The molecular weight excluding hydrogens is 342 g/mol. The van der Waals surface area contributed by atoms with Gasteiger partial charge in [0.2, 0.25) is 0 Å². The molecule has 27 heavy (non-hydrogen) atoms. The summed E-state index contributed by atoms with van der Waals surface area (Å²) in [5.74, 6) is -0.757. The SMILES string of the molecule is CC(C)(C)C1Cc2cc(C(=O)O)ccc2N(C(=O)OCc2ccccc2)C1. The molecule has 1 aliphatic heterocycles. The first-order chi connectivity index (χ1) is 12.8. The van der Waals surface area contributed by atoms with Gasteiger partial charge in [0, 0.05) is 6.54 Å². The van der Waals surface area contributed by atoms with E-state index in [1.165, 1.54) is 6.07 Å². The number of aromatic carboxylic acids is 1. The molecule has 0 bridgehead atoms. The van der Waals surface area contributed by atoms with Crippen LogP contribution in [0.25, 0.3) is 0 Å². The Morgan fingerprint density at radius 1 is 1.15 bits per heavy atom. The number of hydrogen-bond donors (Lipinski definition) is 1. The predicted octanol–water partition coefficient (Wildman–Crippen LogP) is 4.75. The Labute approximate surface area is 159 Å². The molecule has 2 aromatic rings. The van der Waals surface area contributed by atoms with Crippen LogP contribution in [0.5, 0.6) is 0 Å². The first kappa shape index (κ1) is 19.0. The Hall–Kier alpha value is -2.82. The van der Waals surface area contributed by atoms with E-state index in [0.717, 1.165) is 23.2 Å². The minimum absolute atomic E-state index is 0.0190. The van der Waals surface area contributed by atoms with Crippen LogP contribution < -0.4 is 4.90 Å². The van der Waals surface area contributed by atoms with Gasteiger partial charge in [-0.2, -0.15) is 0 Å². The normalized spacial score (nSPS) is 16.6. The number of carbonyl (C=O) groups is 2. The highest BCUT2D eigenvalue weighted by Gasteiger charge is 2.35. The topological polar surface area (TPSA) is 66.8 Å². The lowest BCUT2D eigenvalue weighted by molar-refractivity contribution is 0.0696. The monoisotopic (exact) mass is 367 g/mol. The summed E-state index contributed by atoms with van der Waals surface area (Å²) in [5.41, 5.74) is 2.75. The van der Waals surface area contributed by atoms with Crippen LogP contribution in [0.3, 0.4) is 0 Å². The second-order valence-corrected chi connectivity index (χ2v) is 8.07. The van der Waals surface area contributed by atoms with Gasteiger partial charge in [0.05, 0.1) is 11.3 Å². The number of anilines is 1. The minimum Gasteiger partial charge on any atom is -0.478 e. The number of fused-ring (bicyclic) bond motifs is 1. The summed E-state index contributed by atoms with van der Waals surface area (Å²) in [6.07, 6.45) is 0.333. The highest BCUT2D eigenvalue weighted by molar-refractivity contribution is 5.92. The number of hydrogen-bond acceptors (Lipinski definition) is 3. The largest absolute Gasteiger partial charge is 0.478 e. The van der Waals surface area contributed by atoms with Crippen molar-refractivity contribution in [1.82, 2.24) is 0 Å². The predicted molar refractivity (Wildman–Crippen MR) is 104 cm³/mol. The summed E-state index contributed by atoms with van der Waals surface area (Å²) in [6, 6.07) is 14.5. The maximum atomic E-state index is 12.8. The summed E-state index contributed by atoms with van der Waals surface area (Å²) in [7, 11) is 0. The fourth-order valence-corrected chi connectivity index (χ4v) is 3.34. The number of nitrogens with zero attached hydrogens (tertiary/aromatic N) is 1. The van der Waals surface area contributed by atoms with Crippen molar-refractivity contribution >= 4 is 17.7 Å². The van der Waals surface area contributed by atoms with Crippen molar-refractivity contribution in [2.45, 2.75) is 33.8 Å². The highest BCUT2D eigenvalue weighted by Crippen LogP contribution is 2.38. The average Bonchev–Trinajstić information content (AvgIpc) is 2.64. The van der Waals surface area contributed by atoms with Crippen molar-refractivity contribution in [3.8, 4) is 0 Å². The number of carboxylic acids is 1. The minimum atomic E-state index is -0.964. The van der Waals surface area contributed by atoms with Gasteiger partial charge in [0.1, 0.15) is 6.61 Å². The fraction of sp³-hybridized carbons (Fsp3) is 0.364. The van der Waals surface area contributed by atoms with Gasteiger partial charge in [-0.05, 0) is 47.1 Å². The summed E-state index contributed by atoms with van der Waals surface area (Å²) >= 11 is 0. The van der Waals surface area contributed by atoms with E-state index in [9.17, 15) is 14.7 Å². The lowest BCUT2D eigenvalue weighted by Gasteiger charge is -2.40. The van der Waals surface area contributed by atoms with Crippen molar-refractivity contribution in [3.05, 3.63) is 65.2 Å². The van der Waals surface area contributed by atoms with Crippen LogP contribution in [-0.4, -0.2) is 23.7 Å². The molecule has 5 nitrogen and oxygen atoms in total. The van der Waals surface area contributed by atoms with Gasteiger partial charge in [-0.1, -0.05) is 51.1 Å². The van der Waals surface area contributed by atoms with E-state index in [4.69, 9.17) is 4.74 Å². The van der Waals surface area contributed by atoms with E-state index >= 15 is 0 Å². The lowest BCUT2D eigenvalue weighted by atomic mass is 9.74. The third-order valence-electron chi connectivity index (χ3n) is 5.14. The molecule has 0 radical (unpaired) electrons. The van der Waals surface area contributed by atoms with Gasteiger partial charge in [-0.3, -0.25) is 4.90 Å². The van der Waals surface area contributed by atoms with Crippen molar-refractivity contribution in [2.24, 2.45) is 11.3 Å². The molecule has 5 heteroatoms. The van der Waals surface area contributed by atoms with Gasteiger partial charge in [0.15, 0.2) is 0 Å². The number of ether oxygens (including phenoxy) is 1. The summed E-state index contributed by atoms with van der Waals surface area (Å²) < 4.78 is 5.53. The zero-order valence-electron chi connectivity index (χ0n) is 15.9. The van der Waals surface area contributed by atoms with E-state index in [-0.39, 0.29) is 23.5 Å². The van der Waals surface area contributed by atoms with Crippen molar-refractivity contribution in [3.63, 3.8) is 0 Å². The van der Waals surface area contributed by atoms with Crippen molar-refractivity contribution < 1.29 is 19.4 Å². The third-order valence-corrected chi connectivity index (χ3v) is 5.14. The van der Waals surface area contributed by atoms with Crippen LogP contribution in [0.1, 0.15) is 42.3 Å². The quantitative estimate of drug-likeness (QED) is 0.850. The summed E-state index contributed by atoms with van der Waals surface area (Å²) in [4.78, 5) is 25.8. The molecule has 0 spiro atoms. The van der Waals surface area contributed by atoms with Crippen LogP contribution in [0.2, 0.25) is 0 Å². The molecule has 0 saturated carbocycles. The molecule has 3 rings (SSSR count). The van der Waals surface area contributed by atoms with Crippen LogP contribution in [0.4, 0.5) is 10.5 Å². The molecule has 142 valence electrons. The third kappa shape index (κ3) is 4.30. The Balaban J connectivity index is 1.86. The van der Waals surface area contributed by atoms with E-state index < -0.39 is 12.1 Å². The number of amides is 1. The van der Waals surface area contributed by atoms with Crippen LogP contribution in [0.15, 0.2) is 48.5 Å². The Morgan fingerprint density at radius 2 is 1.85 bits per heavy atom. The molecule has 1 N–H and O–H groups in total. The van der Waals surface area contributed by atoms with Crippen LogP contribution in [0, 0.1) is 11.3 Å². The van der Waals surface area contributed by atoms with Crippen molar-refractivity contribution in [1.29, 1.82) is 0 Å². The molecular formula is C22H25NO4. The molecule has 1 atom stereocenters. The maximum Gasteiger partial charge on any atom is 0.414 e. The molecule has 0 saturated heterocycles. The van der Waals surface area contributed by atoms with E-state index in [0.29, 0.717) is 6.54 Å². The number of carboxylic acid groups (broad SMARTS) is 1. The zero-order chi connectivity index (χ0) is 19.6. The van der Waals surface area contributed by atoms with E-state index in [2.05, 4.69) is 20.8 Å². The molecule has 0 aliphatic carbocycles. The Kier molecular flexibility index (Phi) is 5.22. The first-order valence-corrected chi connectivity index (χ1v) is 9.10. The van der Waals surface area contributed by atoms with Gasteiger partial charge in [0.25, 0.3) is 0 Å². The van der Waals surface area contributed by atoms with Gasteiger partial charge >= 0.3 is 12.1 Å². The lowest BCUT2D eigenvalue weighted by Crippen LogP contribution is -2.44. The highest BCUT2D eigenvalue weighted by atomic mass is 16.6. The molecule has 1 unspecified atom stereocenters. The van der Waals surface area contributed by atoms with Gasteiger partial charge in [-0.25, -0.2) is 9.59 Å². The molecule has 1 heterocycles.